The Morgan fingerprint density at radius 2 is 2.27 bits per heavy atom. The van der Waals surface area contributed by atoms with E-state index in [9.17, 15) is 18.3 Å². The number of rotatable bonds is 8. The van der Waals surface area contributed by atoms with Crippen molar-refractivity contribution in [3.63, 3.8) is 0 Å². The van der Waals surface area contributed by atoms with Crippen molar-refractivity contribution in [1.29, 1.82) is 0 Å². The number of nitrogens with zero attached hydrogens (tertiary/aromatic N) is 3. The summed E-state index contributed by atoms with van der Waals surface area (Å²) in [7, 11) is -4.07. The van der Waals surface area contributed by atoms with E-state index in [1.807, 2.05) is 4.57 Å². The van der Waals surface area contributed by atoms with E-state index in [0.29, 0.717) is 36.3 Å². The molecule has 0 aliphatic heterocycles. The fraction of sp³-hybridized carbons (Fsp3) is 0.421. The van der Waals surface area contributed by atoms with Crippen LogP contribution in [-0.2, 0) is 21.0 Å². The number of aliphatic hydroxyl groups excluding tert-OH is 1. The smallest absolute Gasteiger partial charge is 0.333 e. The van der Waals surface area contributed by atoms with Crippen LogP contribution in [0.1, 0.15) is 35.7 Å². The highest BCUT2D eigenvalue weighted by atomic mass is 32.2. The van der Waals surface area contributed by atoms with E-state index in [2.05, 4.69) is 31.3 Å². The standard InChI is InChI=1S/C19H23N5O5S/c1-2-3-5-24-6-4-13(10-24)18(26)16-9-21-12-22-19(16)23-15-7-14(17(25)8-15)11-29-30(20,27)28/h4,6,9-10,12,14-15,17,25H,5,7-8,11H2,1H3,(H2,20,27,28)(H,21,22,23)/t14-,15-,17+/m1/s1. The van der Waals surface area contributed by atoms with Crippen LogP contribution in [0, 0.1) is 17.8 Å². The maximum atomic E-state index is 13.0. The number of hydrogen-bond donors (Lipinski definition) is 3. The highest BCUT2D eigenvalue weighted by Crippen LogP contribution is 2.30. The second kappa shape index (κ2) is 9.36. The molecule has 1 aliphatic rings. The first kappa shape index (κ1) is 21.9. The summed E-state index contributed by atoms with van der Waals surface area (Å²) in [5, 5.41) is 18.2. The van der Waals surface area contributed by atoms with Crippen molar-refractivity contribution in [3.8, 4) is 11.8 Å². The minimum atomic E-state index is -4.07. The summed E-state index contributed by atoms with van der Waals surface area (Å²) in [6.07, 6.45) is 6.27. The number of carbonyl (C=O) groups excluding carboxylic acids is 1. The van der Waals surface area contributed by atoms with E-state index in [0.717, 1.165) is 0 Å². The van der Waals surface area contributed by atoms with E-state index in [1.165, 1.54) is 12.5 Å². The lowest BCUT2D eigenvalue weighted by molar-refractivity contribution is 0.101. The minimum absolute atomic E-state index is 0.206. The molecular formula is C19H23N5O5S. The molecule has 2 heterocycles. The van der Waals surface area contributed by atoms with Gasteiger partial charge in [0.1, 0.15) is 12.1 Å². The van der Waals surface area contributed by atoms with Gasteiger partial charge < -0.3 is 15.0 Å². The molecule has 1 saturated carbocycles. The number of aromatic nitrogens is 3. The molecule has 3 atom stereocenters. The van der Waals surface area contributed by atoms with E-state index in [-0.39, 0.29) is 18.4 Å². The zero-order valence-electron chi connectivity index (χ0n) is 16.4. The van der Waals surface area contributed by atoms with Gasteiger partial charge in [-0.05, 0) is 25.8 Å². The minimum Gasteiger partial charge on any atom is -0.393 e. The molecule has 11 heteroatoms. The van der Waals surface area contributed by atoms with Gasteiger partial charge in [-0.1, -0.05) is 5.92 Å². The Morgan fingerprint density at radius 1 is 1.47 bits per heavy atom. The van der Waals surface area contributed by atoms with Crippen molar-refractivity contribution in [2.24, 2.45) is 11.1 Å². The summed E-state index contributed by atoms with van der Waals surface area (Å²) in [6, 6.07) is 1.48. The molecule has 0 aromatic carbocycles. The molecular weight excluding hydrogens is 410 g/mol. The third-order valence-corrected chi connectivity index (χ3v) is 5.32. The van der Waals surface area contributed by atoms with Gasteiger partial charge in [0.05, 0.1) is 24.8 Å². The van der Waals surface area contributed by atoms with Crippen molar-refractivity contribution in [1.82, 2.24) is 14.5 Å². The van der Waals surface area contributed by atoms with Crippen molar-refractivity contribution in [3.05, 3.63) is 42.1 Å². The van der Waals surface area contributed by atoms with Gasteiger partial charge in [0, 0.05) is 36.1 Å². The van der Waals surface area contributed by atoms with Crippen LogP contribution < -0.4 is 10.5 Å². The summed E-state index contributed by atoms with van der Waals surface area (Å²) in [5.41, 5.74) is 0.784. The van der Waals surface area contributed by atoms with Crippen LogP contribution >= 0.6 is 0 Å². The molecule has 160 valence electrons. The molecule has 3 rings (SSSR count). The van der Waals surface area contributed by atoms with Crippen molar-refractivity contribution in [2.75, 3.05) is 11.9 Å². The number of ketones is 1. The first-order valence-corrected chi connectivity index (χ1v) is 10.8. The zero-order valence-corrected chi connectivity index (χ0v) is 17.2. The molecule has 0 saturated heterocycles. The number of carbonyl (C=O) groups is 1. The van der Waals surface area contributed by atoms with Gasteiger partial charge in [-0.15, -0.1) is 5.92 Å². The monoisotopic (exact) mass is 433 g/mol. The van der Waals surface area contributed by atoms with Crippen molar-refractivity contribution >= 4 is 21.9 Å². The predicted molar refractivity (Wildman–Crippen MR) is 109 cm³/mol. The van der Waals surface area contributed by atoms with Crippen LogP contribution in [0.15, 0.2) is 31.0 Å². The molecule has 0 spiro atoms. The van der Waals surface area contributed by atoms with Gasteiger partial charge in [-0.3, -0.25) is 8.98 Å². The number of nitrogens with one attached hydrogen (secondary N) is 1. The fourth-order valence-corrected chi connectivity index (χ4v) is 3.75. The largest absolute Gasteiger partial charge is 0.393 e. The maximum absolute atomic E-state index is 13.0. The van der Waals surface area contributed by atoms with Gasteiger partial charge in [-0.2, -0.15) is 8.42 Å². The molecule has 1 fully saturated rings. The van der Waals surface area contributed by atoms with Crippen LogP contribution in [0.25, 0.3) is 0 Å². The maximum Gasteiger partial charge on any atom is 0.333 e. The summed E-state index contributed by atoms with van der Waals surface area (Å²) < 4.78 is 28.4. The average Bonchev–Trinajstić information content (AvgIpc) is 3.30. The van der Waals surface area contributed by atoms with Gasteiger partial charge in [0.2, 0.25) is 0 Å². The van der Waals surface area contributed by atoms with E-state index in [4.69, 9.17) is 5.14 Å². The molecule has 4 N–H and O–H groups in total. The van der Waals surface area contributed by atoms with Gasteiger partial charge in [0.25, 0.3) is 0 Å². The van der Waals surface area contributed by atoms with E-state index < -0.39 is 22.3 Å². The number of hydrogen-bond acceptors (Lipinski definition) is 8. The SMILES string of the molecule is CC#CCn1ccc(C(=O)c2cncnc2N[C@@H]2C[C@H](COS(N)(=O)=O)[C@@H](O)C2)c1. The average molecular weight is 433 g/mol. The Labute approximate surface area is 174 Å². The van der Waals surface area contributed by atoms with Crippen LogP contribution in [0.5, 0.6) is 0 Å². The van der Waals surface area contributed by atoms with Crippen LogP contribution in [0.3, 0.4) is 0 Å². The number of nitrogens with two attached hydrogens (primary N) is 1. The summed E-state index contributed by atoms with van der Waals surface area (Å²) in [4.78, 5) is 21.1. The molecule has 10 nitrogen and oxygen atoms in total. The number of anilines is 1. The summed E-state index contributed by atoms with van der Waals surface area (Å²) in [5.74, 6) is 5.43. The Hall–Kier alpha value is -2.78. The number of aliphatic hydroxyl groups is 1. The molecule has 0 radical (unpaired) electrons. The second-order valence-electron chi connectivity index (χ2n) is 7.03. The summed E-state index contributed by atoms with van der Waals surface area (Å²) in [6.45, 7) is 2.03. The molecule has 2 aromatic heterocycles. The molecule has 2 aromatic rings. The Bertz CT molecular complexity index is 1070. The van der Waals surface area contributed by atoms with Gasteiger partial charge in [-0.25, -0.2) is 15.1 Å². The summed E-state index contributed by atoms with van der Waals surface area (Å²) >= 11 is 0. The van der Waals surface area contributed by atoms with Crippen molar-refractivity contribution < 1.29 is 22.5 Å². The second-order valence-corrected chi connectivity index (χ2v) is 8.25. The Kier molecular flexibility index (Phi) is 6.84. The first-order chi connectivity index (χ1) is 14.3. The third kappa shape index (κ3) is 5.64. The van der Waals surface area contributed by atoms with Crippen LogP contribution in [0.2, 0.25) is 0 Å². The predicted octanol–water partition coefficient (Wildman–Crippen LogP) is 0.304. The normalized spacial score (nSPS) is 21.1. The highest BCUT2D eigenvalue weighted by molar-refractivity contribution is 7.84. The first-order valence-electron chi connectivity index (χ1n) is 9.28. The van der Waals surface area contributed by atoms with Crippen LogP contribution in [0.4, 0.5) is 5.82 Å². The zero-order chi connectivity index (χ0) is 21.7. The quantitative estimate of drug-likeness (QED) is 0.397. The van der Waals surface area contributed by atoms with Gasteiger partial charge in [0.15, 0.2) is 5.78 Å². The third-order valence-electron chi connectivity index (χ3n) is 4.85. The lowest BCUT2D eigenvalue weighted by atomic mass is 10.1. The van der Waals surface area contributed by atoms with E-state index >= 15 is 0 Å². The molecule has 0 amide bonds. The molecule has 1 aliphatic carbocycles. The Balaban J connectivity index is 1.70. The van der Waals surface area contributed by atoms with E-state index in [1.54, 1.807) is 25.4 Å². The van der Waals surface area contributed by atoms with Crippen molar-refractivity contribution in [2.45, 2.75) is 38.5 Å². The molecule has 0 bridgehead atoms. The molecule has 30 heavy (non-hydrogen) atoms. The topological polar surface area (TPSA) is 149 Å². The van der Waals surface area contributed by atoms with Crippen LogP contribution in [-0.4, -0.2) is 52.6 Å². The van der Waals surface area contributed by atoms with Gasteiger partial charge >= 0.3 is 10.3 Å². The lowest BCUT2D eigenvalue weighted by Gasteiger charge is -2.15. The fourth-order valence-electron chi connectivity index (χ4n) is 3.39. The highest BCUT2D eigenvalue weighted by Gasteiger charge is 2.34. The Morgan fingerprint density at radius 3 is 3.00 bits per heavy atom. The lowest BCUT2D eigenvalue weighted by Crippen LogP contribution is -2.24. The molecule has 0 unspecified atom stereocenters.